The van der Waals surface area contributed by atoms with E-state index < -0.39 is 5.41 Å². The lowest BCUT2D eigenvalue weighted by Gasteiger charge is -2.33. The Balaban J connectivity index is 0.919. The van der Waals surface area contributed by atoms with Crippen molar-refractivity contribution in [3.63, 3.8) is 0 Å². The zero-order chi connectivity index (χ0) is 49.8. The van der Waals surface area contributed by atoms with Crippen LogP contribution >= 0.6 is 0 Å². The van der Waals surface area contributed by atoms with Crippen LogP contribution in [0, 0.1) is 0 Å². The van der Waals surface area contributed by atoms with E-state index >= 15 is 0 Å². The predicted molar refractivity (Wildman–Crippen MR) is 310 cm³/mol. The Kier molecular flexibility index (Phi) is 9.88. The van der Waals surface area contributed by atoms with E-state index in [0.29, 0.717) is 0 Å². The van der Waals surface area contributed by atoms with Crippen molar-refractivity contribution in [3.8, 4) is 66.8 Å². The van der Waals surface area contributed by atoms with Crippen molar-refractivity contribution in [2.24, 2.45) is 0 Å². The van der Waals surface area contributed by atoms with Gasteiger partial charge in [-0.3, -0.25) is 0 Å². The largest absolute Gasteiger partial charge is 0.310 e. The first-order valence-electron chi connectivity index (χ1n) is 26.2. The smallest absolute Gasteiger partial charge is 0.0713 e. The monoisotopic (exact) mass is 945 g/mol. The van der Waals surface area contributed by atoms with Crippen LogP contribution in [-0.2, 0) is 16.2 Å². The van der Waals surface area contributed by atoms with Gasteiger partial charge in [-0.1, -0.05) is 246 Å². The summed E-state index contributed by atoms with van der Waals surface area (Å²) in [7, 11) is 0. The summed E-state index contributed by atoms with van der Waals surface area (Å²) in [6.07, 6.45) is 0. The SMILES string of the molecule is CC1(C)c2ccccc2-c2cc(-c3cccc(N(c4ccc(-c5ccc6c(c5)-c5ccccc5C6(c5ccccc5)c5ccccc5)cc4)c4ccccc4-c4cccc5c4-c4ccccc4C5(C)C)c3)ccc21. The molecule has 0 spiro atoms. The van der Waals surface area contributed by atoms with Gasteiger partial charge in [0.1, 0.15) is 0 Å². The minimum absolute atomic E-state index is 0.0501. The van der Waals surface area contributed by atoms with E-state index in [9.17, 15) is 0 Å². The Hall–Kier alpha value is -8.78. The minimum atomic E-state index is -0.434. The molecule has 0 unspecified atom stereocenters. The molecular weight excluding hydrogens is 891 g/mol. The van der Waals surface area contributed by atoms with Crippen LogP contribution < -0.4 is 4.90 Å². The van der Waals surface area contributed by atoms with Gasteiger partial charge in [0.25, 0.3) is 0 Å². The first kappa shape index (κ1) is 44.0. The molecule has 0 fully saturated rings. The van der Waals surface area contributed by atoms with E-state index in [1.165, 1.54) is 111 Å². The Morgan fingerprint density at radius 3 is 1.38 bits per heavy atom. The van der Waals surface area contributed by atoms with Gasteiger partial charge in [0, 0.05) is 27.8 Å². The summed E-state index contributed by atoms with van der Waals surface area (Å²) in [5.41, 5.74) is 28.5. The quantitative estimate of drug-likeness (QED) is 0.147. The van der Waals surface area contributed by atoms with Gasteiger partial charge in [0.05, 0.1) is 11.1 Å². The maximum Gasteiger partial charge on any atom is 0.0713 e. The average Bonchev–Trinajstić information content (AvgIpc) is 4.09. The van der Waals surface area contributed by atoms with Crippen LogP contribution in [0.4, 0.5) is 17.1 Å². The maximum atomic E-state index is 2.48. The first-order valence-corrected chi connectivity index (χ1v) is 26.2. The molecule has 0 amide bonds. The fourth-order valence-corrected chi connectivity index (χ4v) is 13.5. The van der Waals surface area contributed by atoms with Crippen molar-refractivity contribution in [2.75, 3.05) is 4.90 Å². The third kappa shape index (κ3) is 6.42. The second-order valence-electron chi connectivity index (χ2n) is 21.6. The normalized spacial score (nSPS) is 14.5. The van der Waals surface area contributed by atoms with Gasteiger partial charge in [0.2, 0.25) is 0 Å². The lowest BCUT2D eigenvalue weighted by Crippen LogP contribution is -2.28. The summed E-state index contributed by atoms with van der Waals surface area (Å²) < 4.78 is 0. The van der Waals surface area contributed by atoms with E-state index in [1.54, 1.807) is 0 Å². The molecule has 0 aromatic heterocycles. The van der Waals surface area contributed by atoms with Gasteiger partial charge < -0.3 is 4.90 Å². The standard InChI is InChI=1S/C73H55N/c1-71(2)63-32-15-11-27-56(63)61-47-51(39-43-65(61)71)49-21-19-26-55(45-49)74(69-36-18-14-29-58(69)59-31-20-35-68-70(59)60-30-13-16-33-64(60)72(68,3)4)54-41-37-48(38-42-54)50-40-44-67-62(46-50)57-28-12-17-34-66(57)73(67,52-22-7-5-8-23-52)53-24-9-6-10-25-53/h5-47H,1-4H3. The summed E-state index contributed by atoms with van der Waals surface area (Å²) in [5, 5.41) is 0. The Labute approximate surface area is 435 Å². The van der Waals surface area contributed by atoms with Crippen molar-refractivity contribution in [1.82, 2.24) is 0 Å². The summed E-state index contributed by atoms with van der Waals surface area (Å²) in [5.74, 6) is 0. The maximum absolute atomic E-state index is 2.48. The van der Waals surface area contributed by atoms with Crippen molar-refractivity contribution in [2.45, 2.75) is 43.9 Å². The van der Waals surface area contributed by atoms with Gasteiger partial charge in [0.15, 0.2) is 0 Å². The van der Waals surface area contributed by atoms with E-state index in [1.807, 2.05) is 0 Å². The van der Waals surface area contributed by atoms with Crippen LogP contribution in [0.15, 0.2) is 261 Å². The van der Waals surface area contributed by atoms with Crippen LogP contribution in [0.1, 0.15) is 72.2 Å². The van der Waals surface area contributed by atoms with Gasteiger partial charge in [-0.05, 0) is 148 Å². The number of hydrogen-bond acceptors (Lipinski definition) is 1. The number of benzene rings is 11. The van der Waals surface area contributed by atoms with Gasteiger partial charge in [-0.2, -0.15) is 0 Å². The minimum Gasteiger partial charge on any atom is -0.310 e. The molecule has 0 bridgehead atoms. The topological polar surface area (TPSA) is 3.24 Å². The molecule has 3 aliphatic rings. The van der Waals surface area contributed by atoms with Gasteiger partial charge in [-0.25, -0.2) is 0 Å². The number of para-hydroxylation sites is 1. The summed E-state index contributed by atoms with van der Waals surface area (Å²) in [6.45, 7) is 9.44. The molecule has 11 aromatic carbocycles. The van der Waals surface area contributed by atoms with Crippen LogP contribution in [0.5, 0.6) is 0 Å². The average molecular weight is 946 g/mol. The number of hydrogen-bond donors (Lipinski definition) is 0. The van der Waals surface area contributed by atoms with Crippen molar-refractivity contribution >= 4 is 17.1 Å². The highest BCUT2D eigenvalue weighted by atomic mass is 15.1. The highest BCUT2D eigenvalue weighted by molar-refractivity contribution is 5.99. The predicted octanol–water partition coefficient (Wildman–Crippen LogP) is 19.1. The van der Waals surface area contributed by atoms with Crippen molar-refractivity contribution in [1.29, 1.82) is 0 Å². The second kappa shape index (κ2) is 16.6. The molecule has 3 aliphatic carbocycles. The third-order valence-electron chi connectivity index (χ3n) is 17.0. The summed E-state index contributed by atoms with van der Waals surface area (Å²) >= 11 is 0. The molecule has 0 aliphatic heterocycles. The molecule has 352 valence electrons. The number of fused-ring (bicyclic) bond motifs is 9. The molecular formula is C73H55N. The van der Waals surface area contributed by atoms with Crippen molar-refractivity contribution < 1.29 is 0 Å². The highest BCUT2D eigenvalue weighted by Gasteiger charge is 2.46. The van der Waals surface area contributed by atoms with Crippen LogP contribution in [0.3, 0.4) is 0 Å². The molecule has 1 nitrogen and oxygen atoms in total. The molecule has 74 heavy (non-hydrogen) atoms. The zero-order valence-corrected chi connectivity index (χ0v) is 42.3. The first-order chi connectivity index (χ1) is 36.2. The summed E-state index contributed by atoms with van der Waals surface area (Å²) in [6, 6.07) is 97.7. The molecule has 11 aromatic rings. The van der Waals surface area contributed by atoms with E-state index in [0.717, 1.165) is 17.1 Å². The summed E-state index contributed by atoms with van der Waals surface area (Å²) in [4.78, 5) is 2.48. The molecule has 0 radical (unpaired) electrons. The van der Waals surface area contributed by atoms with Crippen LogP contribution in [-0.4, -0.2) is 0 Å². The molecule has 0 saturated heterocycles. The molecule has 0 N–H and O–H groups in total. The fourth-order valence-electron chi connectivity index (χ4n) is 13.5. The zero-order valence-electron chi connectivity index (χ0n) is 42.3. The van der Waals surface area contributed by atoms with E-state index in [-0.39, 0.29) is 10.8 Å². The van der Waals surface area contributed by atoms with Crippen LogP contribution in [0.2, 0.25) is 0 Å². The molecule has 1 heteroatoms. The lowest BCUT2D eigenvalue weighted by molar-refractivity contribution is 0.660. The molecule has 14 rings (SSSR count). The highest BCUT2D eigenvalue weighted by Crippen LogP contribution is 2.58. The van der Waals surface area contributed by atoms with Gasteiger partial charge >= 0.3 is 0 Å². The fraction of sp³-hybridized carbons (Fsp3) is 0.0959. The number of nitrogens with zero attached hydrogens (tertiary/aromatic N) is 1. The molecule has 0 heterocycles. The Morgan fingerprint density at radius 1 is 0.257 bits per heavy atom. The molecule has 0 atom stereocenters. The Morgan fingerprint density at radius 2 is 0.689 bits per heavy atom. The van der Waals surface area contributed by atoms with E-state index in [4.69, 9.17) is 0 Å². The number of anilines is 3. The lowest BCUT2D eigenvalue weighted by atomic mass is 9.67. The third-order valence-corrected chi connectivity index (χ3v) is 17.0. The Bertz CT molecular complexity index is 3970. The van der Waals surface area contributed by atoms with E-state index in [2.05, 4.69) is 293 Å². The number of rotatable bonds is 8. The second-order valence-corrected chi connectivity index (χ2v) is 21.6. The van der Waals surface area contributed by atoms with Crippen molar-refractivity contribution in [3.05, 3.63) is 305 Å². The van der Waals surface area contributed by atoms with Gasteiger partial charge in [-0.15, -0.1) is 0 Å². The van der Waals surface area contributed by atoms with Crippen LogP contribution in [0.25, 0.3) is 66.8 Å². The molecule has 0 saturated carbocycles.